The van der Waals surface area contributed by atoms with E-state index in [-0.39, 0.29) is 11.3 Å². The van der Waals surface area contributed by atoms with Crippen molar-refractivity contribution in [2.24, 2.45) is 23.0 Å². The summed E-state index contributed by atoms with van der Waals surface area (Å²) in [6.45, 7) is 9.13. The summed E-state index contributed by atoms with van der Waals surface area (Å²) >= 11 is 3.23. The third-order valence-corrected chi connectivity index (χ3v) is 8.83. The first-order chi connectivity index (χ1) is 13.6. The molecule has 2 aliphatic carbocycles. The molecule has 2 aromatic heterocycles. The number of hydrogen-bond acceptors (Lipinski definition) is 4. The van der Waals surface area contributed by atoms with E-state index in [0.29, 0.717) is 22.4 Å². The highest BCUT2D eigenvalue weighted by molar-refractivity contribution is 7.17. The number of thiophene rings is 2. The zero-order chi connectivity index (χ0) is 20.9. The molecule has 0 radical (unpaired) electrons. The Bertz CT molecular complexity index is 964. The highest BCUT2D eigenvalue weighted by Crippen LogP contribution is 2.42. The molecule has 2 aliphatic rings. The van der Waals surface area contributed by atoms with Gasteiger partial charge in [-0.05, 0) is 66.9 Å². The SMILES string of the molecule is CC1CCc2c(sc(NC(=O)c3csc4c3CCC(C(C)(C)C)C4)c2C(N)=O)C1. The van der Waals surface area contributed by atoms with Gasteiger partial charge in [0.2, 0.25) is 0 Å². The molecular weight excluding hydrogens is 400 g/mol. The van der Waals surface area contributed by atoms with E-state index >= 15 is 0 Å². The van der Waals surface area contributed by atoms with Crippen LogP contribution in [0.2, 0.25) is 0 Å². The van der Waals surface area contributed by atoms with E-state index in [9.17, 15) is 9.59 Å². The second-order valence-corrected chi connectivity index (χ2v) is 11.8. The summed E-state index contributed by atoms with van der Waals surface area (Å²) in [5.74, 6) is 0.709. The lowest BCUT2D eigenvalue weighted by Gasteiger charge is -2.34. The number of fused-ring (bicyclic) bond motifs is 2. The Morgan fingerprint density at radius 3 is 2.52 bits per heavy atom. The van der Waals surface area contributed by atoms with Gasteiger partial charge in [-0.2, -0.15) is 0 Å². The lowest BCUT2D eigenvalue weighted by atomic mass is 9.72. The van der Waals surface area contributed by atoms with Crippen LogP contribution in [0.4, 0.5) is 5.00 Å². The predicted octanol–water partition coefficient (Wildman–Crippen LogP) is 5.44. The number of amides is 2. The van der Waals surface area contributed by atoms with Crippen molar-refractivity contribution < 1.29 is 9.59 Å². The van der Waals surface area contributed by atoms with E-state index in [2.05, 4.69) is 33.0 Å². The van der Waals surface area contributed by atoms with Gasteiger partial charge in [-0.3, -0.25) is 9.59 Å². The average Bonchev–Trinajstić information content (AvgIpc) is 3.20. The summed E-state index contributed by atoms with van der Waals surface area (Å²) in [7, 11) is 0. The molecule has 156 valence electrons. The second kappa shape index (κ2) is 7.55. The van der Waals surface area contributed by atoms with Gasteiger partial charge in [0.1, 0.15) is 5.00 Å². The monoisotopic (exact) mass is 430 g/mol. The Hall–Kier alpha value is -1.66. The molecule has 6 heteroatoms. The van der Waals surface area contributed by atoms with Gasteiger partial charge in [-0.25, -0.2) is 0 Å². The van der Waals surface area contributed by atoms with Gasteiger partial charge in [-0.1, -0.05) is 27.7 Å². The number of nitrogens with one attached hydrogen (secondary N) is 1. The van der Waals surface area contributed by atoms with Crippen molar-refractivity contribution in [1.82, 2.24) is 0 Å². The van der Waals surface area contributed by atoms with Crippen LogP contribution < -0.4 is 11.1 Å². The van der Waals surface area contributed by atoms with E-state index in [1.807, 2.05) is 5.38 Å². The minimum atomic E-state index is -0.437. The van der Waals surface area contributed by atoms with Crippen molar-refractivity contribution in [1.29, 1.82) is 0 Å². The summed E-state index contributed by atoms with van der Waals surface area (Å²) < 4.78 is 0. The van der Waals surface area contributed by atoms with Gasteiger partial charge in [0.25, 0.3) is 11.8 Å². The minimum Gasteiger partial charge on any atom is -0.365 e. The van der Waals surface area contributed by atoms with Crippen LogP contribution in [-0.4, -0.2) is 11.8 Å². The zero-order valence-corrected chi connectivity index (χ0v) is 19.3. The molecule has 2 amide bonds. The minimum absolute atomic E-state index is 0.106. The summed E-state index contributed by atoms with van der Waals surface area (Å²) in [6.07, 6.45) is 6.00. The Balaban J connectivity index is 1.59. The summed E-state index contributed by atoms with van der Waals surface area (Å²) in [6, 6.07) is 0. The zero-order valence-electron chi connectivity index (χ0n) is 17.7. The molecule has 0 fully saturated rings. The Labute approximate surface area is 180 Å². The first kappa shape index (κ1) is 20.6. The normalized spacial score (nSPS) is 21.4. The van der Waals surface area contributed by atoms with Crippen LogP contribution >= 0.6 is 22.7 Å². The molecule has 0 saturated heterocycles. The molecule has 2 unspecified atom stereocenters. The standard InChI is InChI=1S/C23H30N2O2S2/c1-12-5-7-15-18(9-12)29-22(19(15)20(24)26)25-21(27)16-11-28-17-10-13(23(2,3)4)6-8-14(16)17/h11-13H,5-10H2,1-4H3,(H2,24,26)(H,25,27). The number of hydrogen-bond donors (Lipinski definition) is 2. The maximum Gasteiger partial charge on any atom is 0.257 e. The quantitative estimate of drug-likeness (QED) is 0.681. The molecule has 0 saturated carbocycles. The van der Waals surface area contributed by atoms with Gasteiger partial charge in [0, 0.05) is 15.1 Å². The second-order valence-electron chi connectivity index (χ2n) is 9.73. The number of nitrogens with two attached hydrogens (primary N) is 1. The first-order valence-electron chi connectivity index (χ1n) is 10.5. The Kier molecular flexibility index (Phi) is 5.36. The highest BCUT2D eigenvalue weighted by Gasteiger charge is 2.32. The van der Waals surface area contributed by atoms with Crippen molar-refractivity contribution in [2.75, 3.05) is 5.32 Å². The number of carbonyl (C=O) groups excluding carboxylic acids is 2. The molecule has 0 aromatic carbocycles. The lowest BCUT2D eigenvalue weighted by molar-refractivity contribution is 0.1000. The number of carbonyl (C=O) groups is 2. The molecule has 2 aromatic rings. The van der Waals surface area contributed by atoms with Crippen LogP contribution in [0.5, 0.6) is 0 Å². The van der Waals surface area contributed by atoms with E-state index in [4.69, 9.17) is 5.73 Å². The lowest BCUT2D eigenvalue weighted by Crippen LogP contribution is -2.27. The van der Waals surface area contributed by atoms with Crippen LogP contribution in [-0.2, 0) is 25.7 Å². The fraction of sp³-hybridized carbons (Fsp3) is 0.565. The van der Waals surface area contributed by atoms with Crippen LogP contribution in [0.15, 0.2) is 5.38 Å². The van der Waals surface area contributed by atoms with E-state index in [1.54, 1.807) is 11.3 Å². The van der Waals surface area contributed by atoms with Crippen molar-refractivity contribution in [3.8, 4) is 0 Å². The van der Waals surface area contributed by atoms with Gasteiger partial charge >= 0.3 is 0 Å². The van der Waals surface area contributed by atoms with Crippen LogP contribution in [0.3, 0.4) is 0 Å². The molecule has 2 atom stereocenters. The van der Waals surface area contributed by atoms with Crippen LogP contribution in [0.1, 0.15) is 82.1 Å². The largest absolute Gasteiger partial charge is 0.365 e. The smallest absolute Gasteiger partial charge is 0.257 e. The molecule has 0 bridgehead atoms. The molecule has 4 nitrogen and oxygen atoms in total. The van der Waals surface area contributed by atoms with Gasteiger partial charge in [-0.15, -0.1) is 22.7 Å². The van der Waals surface area contributed by atoms with Crippen molar-refractivity contribution in [3.05, 3.63) is 37.4 Å². The highest BCUT2D eigenvalue weighted by atomic mass is 32.1. The molecule has 2 heterocycles. The van der Waals surface area contributed by atoms with Crippen molar-refractivity contribution >= 4 is 39.5 Å². The number of rotatable bonds is 3. The Morgan fingerprint density at radius 2 is 1.83 bits per heavy atom. The summed E-state index contributed by atoms with van der Waals surface area (Å²) in [5.41, 5.74) is 9.53. The molecule has 3 N–H and O–H groups in total. The van der Waals surface area contributed by atoms with E-state index in [0.717, 1.165) is 49.7 Å². The van der Waals surface area contributed by atoms with E-state index < -0.39 is 5.91 Å². The van der Waals surface area contributed by atoms with E-state index in [1.165, 1.54) is 26.7 Å². The maximum absolute atomic E-state index is 13.1. The number of primary amides is 1. The third kappa shape index (κ3) is 3.89. The fourth-order valence-electron chi connectivity index (χ4n) is 4.71. The summed E-state index contributed by atoms with van der Waals surface area (Å²) in [5, 5.41) is 5.66. The van der Waals surface area contributed by atoms with Gasteiger partial charge < -0.3 is 11.1 Å². The van der Waals surface area contributed by atoms with Crippen molar-refractivity contribution in [3.63, 3.8) is 0 Å². The van der Waals surface area contributed by atoms with Crippen LogP contribution in [0, 0.1) is 17.3 Å². The maximum atomic E-state index is 13.1. The molecule has 4 rings (SSSR count). The van der Waals surface area contributed by atoms with Gasteiger partial charge in [0.15, 0.2) is 0 Å². The Morgan fingerprint density at radius 1 is 1.10 bits per heavy atom. The molecule has 29 heavy (non-hydrogen) atoms. The predicted molar refractivity (Wildman–Crippen MR) is 121 cm³/mol. The molecular formula is C23H30N2O2S2. The van der Waals surface area contributed by atoms with Gasteiger partial charge in [0.05, 0.1) is 11.1 Å². The van der Waals surface area contributed by atoms with Crippen LogP contribution in [0.25, 0.3) is 0 Å². The molecule has 0 aliphatic heterocycles. The molecule has 0 spiro atoms. The van der Waals surface area contributed by atoms with Crippen molar-refractivity contribution in [2.45, 2.75) is 66.2 Å². The first-order valence-corrected chi connectivity index (χ1v) is 12.2. The summed E-state index contributed by atoms with van der Waals surface area (Å²) in [4.78, 5) is 27.8. The third-order valence-electron chi connectivity index (χ3n) is 6.61. The average molecular weight is 431 g/mol. The number of anilines is 1. The topological polar surface area (TPSA) is 72.2 Å². The fourth-order valence-corrected chi connectivity index (χ4v) is 7.28.